The molecule has 0 radical (unpaired) electrons. The summed E-state index contributed by atoms with van der Waals surface area (Å²) in [4.78, 5) is 20.1. The van der Waals surface area contributed by atoms with E-state index in [1.807, 2.05) is 32.0 Å². The molecule has 0 bridgehead atoms. The Morgan fingerprint density at radius 1 is 1.11 bits per heavy atom. The molecule has 3 rings (SSSR count). The van der Waals surface area contributed by atoms with Gasteiger partial charge in [0.25, 0.3) is 0 Å². The lowest BCUT2D eigenvalue weighted by atomic mass is 9.99. The molecule has 2 heterocycles. The molecule has 144 valence electrons. The molecule has 2 aromatic heterocycles. The van der Waals surface area contributed by atoms with Crippen LogP contribution in [0.15, 0.2) is 48.8 Å². The first-order chi connectivity index (χ1) is 13.5. The summed E-state index contributed by atoms with van der Waals surface area (Å²) >= 11 is 6.16. The Kier molecular flexibility index (Phi) is 6.11. The van der Waals surface area contributed by atoms with Crippen molar-refractivity contribution in [2.75, 3.05) is 6.61 Å². The average molecular weight is 398 g/mol. The molecule has 0 aliphatic heterocycles. The highest BCUT2D eigenvalue weighted by molar-refractivity contribution is 6.31. The number of amides is 1. The van der Waals surface area contributed by atoms with Crippen LogP contribution in [-0.4, -0.2) is 22.5 Å². The summed E-state index contributed by atoms with van der Waals surface area (Å²) in [5.74, 6) is 1.01. The number of nitrogens with two attached hydrogens (primary N) is 1. The number of hydrogen-bond acceptors (Lipinski definition) is 5. The molecule has 2 N–H and O–H groups in total. The van der Waals surface area contributed by atoms with Crippen LogP contribution in [0.2, 0.25) is 5.02 Å². The first-order valence-corrected chi connectivity index (χ1v) is 9.25. The second-order valence-electron chi connectivity index (χ2n) is 5.96. The van der Waals surface area contributed by atoms with Gasteiger partial charge in [0.15, 0.2) is 0 Å². The van der Waals surface area contributed by atoms with E-state index in [2.05, 4.69) is 9.97 Å². The highest BCUT2D eigenvalue weighted by Gasteiger charge is 2.11. The number of hydrogen-bond donors (Lipinski definition) is 1. The van der Waals surface area contributed by atoms with Crippen molar-refractivity contribution >= 4 is 17.5 Å². The fourth-order valence-corrected chi connectivity index (χ4v) is 2.97. The first kappa shape index (κ1) is 19.6. The molecule has 0 unspecified atom stereocenters. The first-order valence-electron chi connectivity index (χ1n) is 8.87. The van der Waals surface area contributed by atoms with Crippen molar-refractivity contribution in [2.45, 2.75) is 20.3 Å². The van der Waals surface area contributed by atoms with Crippen LogP contribution >= 0.6 is 11.6 Å². The third-order valence-corrected chi connectivity index (χ3v) is 4.35. The molecular formula is C21H20ClN3O3. The quantitative estimate of drug-likeness (QED) is 0.627. The van der Waals surface area contributed by atoms with Crippen LogP contribution in [-0.2, 0) is 6.42 Å². The Morgan fingerprint density at radius 3 is 2.61 bits per heavy atom. The average Bonchev–Trinajstić information content (AvgIpc) is 2.70. The minimum Gasteiger partial charge on any atom is -0.477 e. The van der Waals surface area contributed by atoms with Crippen molar-refractivity contribution in [3.63, 3.8) is 0 Å². The van der Waals surface area contributed by atoms with Gasteiger partial charge in [-0.15, -0.1) is 0 Å². The highest BCUT2D eigenvalue weighted by atomic mass is 35.5. The van der Waals surface area contributed by atoms with Gasteiger partial charge in [-0.25, -0.2) is 4.98 Å². The Labute approximate surface area is 168 Å². The van der Waals surface area contributed by atoms with E-state index in [1.165, 1.54) is 0 Å². The summed E-state index contributed by atoms with van der Waals surface area (Å²) in [7, 11) is 0. The lowest BCUT2D eigenvalue weighted by Crippen LogP contribution is -2.13. The maximum Gasteiger partial charge on any atom is 0.248 e. The number of ether oxygens (including phenoxy) is 2. The standard InChI is InChI=1S/C21H20ClN3O3/c1-3-13-9-14(5-6-17(13)20(23)26)19-11-15(7-8-24-19)28-16-10-18(22)21(25-12-16)27-4-2/h5-12H,3-4H2,1-2H3,(H2,23,26). The zero-order valence-electron chi connectivity index (χ0n) is 15.6. The molecule has 7 heteroatoms. The van der Waals surface area contributed by atoms with E-state index in [1.54, 1.807) is 30.6 Å². The smallest absolute Gasteiger partial charge is 0.248 e. The molecule has 0 saturated heterocycles. The molecule has 0 fully saturated rings. The number of carbonyl (C=O) groups excluding carboxylic acids is 1. The number of aryl methyl sites for hydroxylation is 1. The van der Waals surface area contributed by atoms with Crippen LogP contribution < -0.4 is 15.2 Å². The lowest BCUT2D eigenvalue weighted by Gasteiger charge is -2.10. The number of aromatic nitrogens is 2. The van der Waals surface area contributed by atoms with Gasteiger partial charge in [-0.05, 0) is 37.1 Å². The van der Waals surface area contributed by atoms with Gasteiger partial charge in [-0.3, -0.25) is 9.78 Å². The predicted octanol–water partition coefficient (Wildman–Crippen LogP) is 4.65. The second kappa shape index (κ2) is 8.71. The maximum atomic E-state index is 11.5. The van der Waals surface area contributed by atoms with E-state index >= 15 is 0 Å². The number of rotatable bonds is 7. The fraction of sp³-hybridized carbons (Fsp3) is 0.190. The van der Waals surface area contributed by atoms with E-state index in [9.17, 15) is 4.79 Å². The summed E-state index contributed by atoms with van der Waals surface area (Å²) in [6.07, 6.45) is 3.90. The Bertz CT molecular complexity index is 1010. The molecule has 28 heavy (non-hydrogen) atoms. The molecule has 0 saturated carbocycles. The summed E-state index contributed by atoms with van der Waals surface area (Å²) in [5, 5.41) is 0.378. The molecule has 0 atom stereocenters. The number of halogens is 1. The minimum atomic E-state index is -0.437. The van der Waals surface area contributed by atoms with E-state index < -0.39 is 5.91 Å². The third kappa shape index (κ3) is 4.40. The zero-order valence-corrected chi connectivity index (χ0v) is 16.4. The Balaban J connectivity index is 1.87. The molecular weight excluding hydrogens is 378 g/mol. The number of carbonyl (C=O) groups is 1. The van der Waals surface area contributed by atoms with Crippen LogP contribution in [0.5, 0.6) is 17.4 Å². The normalized spacial score (nSPS) is 10.5. The summed E-state index contributed by atoms with van der Waals surface area (Å²) in [6, 6.07) is 10.7. The molecule has 6 nitrogen and oxygen atoms in total. The maximum absolute atomic E-state index is 11.5. The van der Waals surface area contributed by atoms with Crippen LogP contribution in [0.4, 0.5) is 0 Å². The molecule has 0 aliphatic rings. The van der Waals surface area contributed by atoms with Crippen LogP contribution in [0.3, 0.4) is 0 Å². The molecule has 1 amide bonds. The minimum absolute atomic E-state index is 0.369. The Hall–Kier alpha value is -3.12. The highest BCUT2D eigenvalue weighted by Crippen LogP contribution is 2.30. The van der Waals surface area contributed by atoms with E-state index in [0.717, 1.165) is 11.1 Å². The molecule has 0 aliphatic carbocycles. The second-order valence-corrected chi connectivity index (χ2v) is 6.37. The topological polar surface area (TPSA) is 87.3 Å². The summed E-state index contributed by atoms with van der Waals surface area (Å²) < 4.78 is 11.2. The number of pyridine rings is 2. The van der Waals surface area contributed by atoms with Crippen LogP contribution in [0.1, 0.15) is 29.8 Å². The van der Waals surface area contributed by atoms with Gasteiger partial charge in [-0.1, -0.05) is 24.6 Å². The summed E-state index contributed by atoms with van der Waals surface area (Å²) in [5.41, 5.74) is 8.41. The van der Waals surface area contributed by atoms with Crippen molar-refractivity contribution in [1.29, 1.82) is 0 Å². The number of nitrogens with zero attached hydrogens (tertiary/aromatic N) is 2. The van der Waals surface area contributed by atoms with Gasteiger partial charge in [-0.2, -0.15) is 0 Å². The van der Waals surface area contributed by atoms with Gasteiger partial charge in [0.1, 0.15) is 16.5 Å². The third-order valence-electron chi connectivity index (χ3n) is 4.08. The van der Waals surface area contributed by atoms with E-state index in [4.69, 9.17) is 26.8 Å². The lowest BCUT2D eigenvalue weighted by molar-refractivity contribution is 0.0999. The van der Waals surface area contributed by atoms with Crippen molar-refractivity contribution < 1.29 is 14.3 Å². The zero-order chi connectivity index (χ0) is 20.1. The van der Waals surface area contributed by atoms with Crippen molar-refractivity contribution in [2.24, 2.45) is 5.73 Å². The van der Waals surface area contributed by atoms with E-state index in [-0.39, 0.29) is 0 Å². The van der Waals surface area contributed by atoms with Crippen molar-refractivity contribution in [3.05, 3.63) is 64.9 Å². The van der Waals surface area contributed by atoms with Crippen LogP contribution in [0, 0.1) is 0 Å². The molecule has 0 spiro atoms. The fourth-order valence-electron chi connectivity index (χ4n) is 2.76. The van der Waals surface area contributed by atoms with Gasteiger partial charge in [0.05, 0.1) is 18.5 Å². The number of benzene rings is 1. The monoisotopic (exact) mass is 397 g/mol. The van der Waals surface area contributed by atoms with Gasteiger partial charge < -0.3 is 15.2 Å². The predicted molar refractivity (Wildman–Crippen MR) is 108 cm³/mol. The van der Waals surface area contributed by atoms with Crippen molar-refractivity contribution in [3.8, 4) is 28.6 Å². The molecule has 3 aromatic rings. The van der Waals surface area contributed by atoms with Gasteiger partial charge >= 0.3 is 0 Å². The summed E-state index contributed by atoms with van der Waals surface area (Å²) in [6.45, 7) is 4.32. The SMILES string of the molecule is CCOc1ncc(Oc2ccnc(-c3ccc(C(N)=O)c(CC)c3)c2)cc1Cl. The molecule has 1 aromatic carbocycles. The largest absolute Gasteiger partial charge is 0.477 e. The van der Waals surface area contributed by atoms with Crippen molar-refractivity contribution in [1.82, 2.24) is 9.97 Å². The van der Waals surface area contributed by atoms with Crippen LogP contribution in [0.25, 0.3) is 11.3 Å². The van der Waals surface area contributed by atoms with Gasteiger partial charge in [0, 0.05) is 29.5 Å². The number of primary amides is 1. The van der Waals surface area contributed by atoms with E-state index in [0.29, 0.717) is 46.7 Å². The Morgan fingerprint density at radius 2 is 1.93 bits per heavy atom. The van der Waals surface area contributed by atoms with Gasteiger partial charge in [0.2, 0.25) is 11.8 Å².